The van der Waals surface area contributed by atoms with E-state index in [4.69, 9.17) is 24.4 Å². The van der Waals surface area contributed by atoms with Crippen LogP contribution in [-0.4, -0.2) is 110 Å². The van der Waals surface area contributed by atoms with Crippen molar-refractivity contribution in [3.05, 3.63) is 0 Å². The first-order chi connectivity index (χ1) is 10.8. The number of ether oxygens (including phenoxy) is 3. The van der Waals surface area contributed by atoms with Crippen molar-refractivity contribution in [2.75, 3.05) is 13.2 Å². The SMILES string of the molecule is OC[C@H]1O[C@@H](O[C@H]2O[C@H](CO)[C@@H](O)[C@H](O)[C@H]2O)[C@@H](F)[C@@H](O)[C@H]1O. The average molecular weight is 344 g/mol. The van der Waals surface area contributed by atoms with Crippen LogP contribution in [0.1, 0.15) is 0 Å². The summed E-state index contributed by atoms with van der Waals surface area (Å²) in [6.07, 6.45) is -17.0. The van der Waals surface area contributed by atoms with Crippen LogP contribution in [0, 0.1) is 0 Å². The van der Waals surface area contributed by atoms with E-state index in [1.165, 1.54) is 0 Å². The van der Waals surface area contributed by atoms with Gasteiger partial charge in [-0.05, 0) is 0 Å². The smallest absolute Gasteiger partial charge is 0.195 e. The zero-order valence-corrected chi connectivity index (χ0v) is 11.9. The molecule has 7 N–H and O–H groups in total. The minimum Gasteiger partial charge on any atom is -0.394 e. The summed E-state index contributed by atoms with van der Waals surface area (Å²) in [6, 6.07) is 0. The fourth-order valence-corrected chi connectivity index (χ4v) is 2.47. The standard InChI is InChI=1S/C12H21FO10/c13-5-8(18)6(16)3(1-14)21-11(5)23-12-10(20)9(19)7(17)4(2-15)22-12/h3-12,14-20H,1-2H2/t3-,4-,5+,6+,7-,8-,9+,10-,11+,12-/m1/s1. The van der Waals surface area contributed by atoms with Crippen molar-refractivity contribution in [2.45, 2.75) is 61.5 Å². The summed E-state index contributed by atoms with van der Waals surface area (Å²) >= 11 is 0. The third-order valence-corrected chi connectivity index (χ3v) is 3.92. The fourth-order valence-electron chi connectivity index (χ4n) is 2.47. The van der Waals surface area contributed by atoms with Crippen LogP contribution in [0.4, 0.5) is 4.39 Å². The number of alkyl halides is 1. The quantitative estimate of drug-likeness (QED) is 0.264. The third kappa shape index (κ3) is 3.64. The molecular weight excluding hydrogens is 323 g/mol. The summed E-state index contributed by atoms with van der Waals surface area (Å²) in [7, 11) is 0. The highest BCUT2D eigenvalue weighted by Crippen LogP contribution is 2.29. The molecule has 0 aliphatic carbocycles. The molecule has 11 heteroatoms. The molecular formula is C12H21FO10. The Labute approximate surface area is 130 Å². The Kier molecular flexibility index (Phi) is 6.24. The number of aliphatic hydroxyl groups is 7. The lowest BCUT2D eigenvalue weighted by molar-refractivity contribution is -0.370. The first kappa shape index (κ1) is 18.9. The number of aliphatic hydroxyl groups excluding tert-OH is 7. The molecule has 2 heterocycles. The van der Waals surface area contributed by atoms with Gasteiger partial charge in [-0.15, -0.1) is 0 Å². The number of rotatable bonds is 4. The van der Waals surface area contributed by atoms with E-state index >= 15 is 0 Å². The molecule has 10 atom stereocenters. The van der Waals surface area contributed by atoms with Crippen molar-refractivity contribution in [2.24, 2.45) is 0 Å². The highest BCUT2D eigenvalue weighted by atomic mass is 19.1. The monoisotopic (exact) mass is 344 g/mol. The predicted octanol–water partition coefficient (Wildman–Crippen LogP) is -4.42. The molecule has 0 aromatic heterocycles. The van der Waals surface area contributed by atoms with Crippen LogP contribution in [-0.2, 0) is 14.2 Å². The van der Waals surface area contributed by atoms with E-state index in [1.54, 1.807) is 0 Å². The summed E-state index contributed by atoms with van der Waals surface area (Å²) in [5, 5.41) is 66.2. The van der Waals surface area contributed by atoms with Crippen LogP contribution < -0.4 is 0 Å². The van der Waals surface area contributed by atoms with E-state index in [0.717, 1.165) is 0 Å². The summed E-state index contributed by atoms with van der Waals surface area (Å²) in [5.74, 6) is 0. The zero-order chi connectivity index (χ0) is 17.3. The van der Waals surface area contributed by atoms with Crippen LogP contribution in [0.5, 0.6) is 0 Å². The van der Waals surface area contributed by atoms with Crippen LogP contribution >= 0.6 is 0 Å². The van der Waals surface area contributed by atoms with Gasteiger partial charge in [0.25, 0.3) is 0 Å². The summed E-state index contributed by atoms with van der Waals surface area (Å²) < 4.78 is 29.0. The molecule has 0 radical (unpaired) electrons. The normalized spacial score (nSPS) is 51.7. The second-order valence-electron chi connectivity index (χ2n) is 5.48. The van der Waals surface area contributed by atoms with Gasteiger partial charge in [-0.1, -0.05) is 0 Å². The van der Waals surface area contributed by atoms with Crippen molar-refractivity contribution in [1.29, 1.82) is 0 Å². The maximum atomic E-state index is 14.0. The lowest BCUT2D eigenvalue weighted by Crippen LogP contribution is -2.63. The van der Waals surface area contributed by atoms with Gasteiger partial charge in [0.2, 0.25) is 0 Å². The van der Waals surface area contributed by atoms with Gasteiger partial charge in [-0.3, -0.25) is 0 Å². The number of halogens is 1. The van der Waals surface area contributed by atoms with E-state index in [1.807, 2.05) is 0 Å². The third-order valence-electron chi connectivity index (χ3n) is 3.92. The van der Waals surface area contributed by atoms with Crippen molar-refractivity contribution in [3.8, 4) is 0 Å². The van der Waals surface area contributed by atoms with Crippen molar-refractivity contribution < 1.29 is 54.3 Å². The average Bonchev–Trinajstić information content (AvgIpc) is 2.55. The van der Waals surface area contributed by atoms with Crippen LogP contribution in [0.3, 0.4) is 0 Å². The van der Waals surface area contributed by atoms with E-state index in [9.17, 15) is 29.9 Å². The molecule has 0 bridgehead atoms. The molecule has 2 rings (SSSR count). The Bertz CT molecular complexity index is 349. The lowest BCUT2D eigenvalue weighted by Gasteiger charge is -2.43. The lowest BCUT2D eigenvalue weighted by atomic mass is 9.98. The van der Waals surface area contributed by atoms with Gasteiger partial charge in [-0.2, -0.15) is 0 Å². The summed E-state index contributed by atoms with van der Waals surface area (Å²) in [4.78, 5) is 0. The van der Waals surface area contributed by atoms with E-state index in [0.29, 0.717) is 0 Å². The largest absolute Gasteiger partial charge is 0.394 e. The van der Waals surface area contributed by atoms with Gasteiger partial charge in [0.1, 0.15) is 42.7 Å². The molecule has 0 aromatic carbocycles. The van der Waals surface area contributed by atoms with Gasteiger partial charge < -0.3 is 50.0 Å². The molecule has 0 unspecified atom stereocenters. The Morgan fingerprint density at radius 1 is 0.696 bits per heavy atom. The Morgan fingerprint density at radius 2 is 1.17 bits per heavy atom. The molecule has 2 saturated heterocycles. The van der Waals surface area contributed by atoms with Crippen molar-refractivity contribution in [3.63, 3.8) is 0 Å². The minimum absolute atomic E-state index is 0.698. The topological polar surface area (TPSA) is 169 Å². The Hall–Kier alpha value is -0.470. The maximum absolute atomic E-state index is 14.0. The Morgan fingerprint density at radius 3 is 1.70 bits per heavy atom. The highest BCUT2D eigenvalue weighted by molar-refractivity contribution is 4.92. The second-order valence-corrected chi connectivity index (χ2v) is 5.48. The number of hydrogen-bond donors (Lipinski definition) is 7. The molecule has 23 heavy (non-hydrogen) atoms. The molecule has 2 aliphatic heterocycles. The molecule has 2 fully saturated rings. The van der Waals surface area contributed by atoms with Gasteiger partial charge in [0.15, 0.2) is 18.8 Å². The molecule has 0 aromatic rings. The fraction of sp³-hybridized carbons (Fsp3) is 1.00. The van der Waals surface area contributed by atoms with Crippen molar-refractivity contribution in [1.82, 2.24) is 0 Å². The van der Waals surface area contributed by atoms with Crippen LogP contribution in [0.15, 0.2) is 0 Å². The molecule has 0 amide bonds. The first-order valence-corrected chi connectivity index (χ1v) is 7.04. The first-order valence-electron chi connectivity index (χ1n) is 7.04. The van der Waals surface area contributed by atoms with E-state index < -0.39 is 74.7 Å². The van der Waals surface area contributed by atoms with Gasteiger partial charge in [0.05, 0.1) is 13.2 Å². The van der Waals surface area contributed by atoms with Crippen molar-refractivity contribution >= 4 is 0 Å². The molecule has 0 spiro atoms. The van der Waals surface area contributed by atoms with Crippen LogP contribution in [0.2, 0.25) is 0 Å². The van der Waals surface area contributed by atoms with E-state index in [2.05, 4.69) is 0 Å². The van der Waals surface area contributed by atoms with Gasteiger partial charge in [0, 0.05) is 0 Å². The molecule has 10 nitrogen and oxygen atoms in total. The highest BCUT2D eigenvalue weighted by Gasteiger charge is 2.50. The minimum atomic E-state index is -2.22. The zero-order valence-electron chi connectivity index (χ0n) is 11.9. The van der Waals surface area contributed by atoms with Gasteiger partial charge >= 0.3 is 0 Å². The van der Waals surface area contributed by atoms with Gasteiger partial charge in [-0.25, -0.2) is 4.39 Å². The second kappa shape index (κ2) is 7.61. The maximum Gasteiger partial charge on any atom is 0.195 e. The molecule has 0 saturated carbocycles. The molecule has 2 aliphatic rings. The summed E-state index contributed by atoms with van der Waals surface area (Å²) in [5.41, 5.74) is 0. The van der Waals surface area contributed by atoms with E-state index in [-0.39, 0.29) is 0 Å². The summed E-state index contributed by atoms with van der Waals surface area (Å²) in [6.45, 7) is -1.42. The van der Waals surface area contributed by atoms with Crippen LogP contribution in [0.25, 0.3) is 0 Å². The Balaban J connectivity index is 2.07. The number of hydrogen-bond acceptors (Lipinski definition) is 10. The predicted molar refractivity (Wildman–Crippen MR) is 67.5 cm³/mol. The molecule has 136 valence electrons.